The van der Waals surface area contributed by atoms with Crippen molar-refractivity contribution in [2.45, 2.75) is 19.9 Å². The summed E-state index contributed by atoms with van der Waals surface area (Å²) in [6.07, 6.45) is 1.40. The third-order valence-corrected chi connectivity index (χ3v) is 5.80. The molecule has 8 heteroatoms. The molecule has 1 atom stereocenters. The monoisotopic (exact) mass is 419 g/mol. The lowest BCUT2D eigenvalue weighted by molar-refractivity contribution is 0.0919. The molecule has 4 aromatic rings. The molecule has 0 aliphatic heterocycles. The summed E-state index contributed by atoms with van der Waals surface area (Å²) in [7, 11) is 0. The summed E-state index contributed by atoms with van der Waals surface area (Å²) in [4.78, 5) is 34.9. The Labute approximate surface area is 177 Å². The number of nitrogens with zero attached hydrogens (tertiary/aromatic N) is 3. The molecule has 0 spiro atoms. The van der Waals surface area contributed by atoms with Crippen LogP contribution in [0.4, 0.5) is 0 Å². The molecular weight excluding hydrogens is 398 g/mol. The van der Waals surface area contributed by atoms with Crippen molar-refractivity contribution in [3.8, 4) is 11.3 Å². The van der Waals surface area contributed by atoms with Crippen LogP contribution in [-0.2, 0) is 0 Å². The molecule has 1 aromatic carbocycles. The first-order valence-electron chi connectivity index (χ1n) is 9.53. The van der Waals surface area contributed by atoms with Crippen molar-refractivity contribution in [3.63, 3.8) is 0 Å². The quantitative estimate of drug-likeness (QED) is 0.498. The zero-order valence-electron chi connectivity index (χ0n) is 16.6. The fourth-order valence-electron chi connectivity index (χ4n) is 3.33. The van der Waals surface area contributed by atoms with Crippen molar-refractivity contribution in [2.24, 2.45) is 11.7 Å². The number of carbonyl (C=O) groups excluding carboxylic acids is 2. The molecule has 3 aromatic heterocycles. The maximum atomic E-state index is 13.3. The Kier molecular flexibility index (Phi) is 5.33. The van der Waals surface area contributed by atoms with Crippen LogP contribution in [0.5, 0.6) is 0 Å². The van der Waals surface area contributed by atoms with Gasteiger partial charge in [0.05, 0.1) is 11.7 Å². The standard InChI is InChI=1S/C22H21N5O2S/c1-13(2)18(17-9-6-10-30-17)26-22(29)16-11-15(14-7-4-3-5-8-14)25-21-19(20(23)28)24-12-27(16)21/h3-13,18H,1-2H3,(H2,23,28)(H,26,29)/t18-/m0/s1. The number of nitrogens with two attached hydrogens (primary N) is 1. The Bertz CT molecular complexity index is 1200. The average molecular weight is 420 g/mol. The maximum absolute atomic E-state index is 13.3. The van der Waals surface area contributed by atoms with Crippen LogP contribution in [0.3, 0.4) is 0 Å². The molecule has 0 saturated carbocycles. The number of fused-ring (bicyclic) bond motifs is 1. The van der Waals surface area contributed by atoms with Gasteiger partial charge in [-0.25, -0.2) is 9.97 Å². The van der Waals surface area contributed by atoms with E-state index >= 15 is 0 Å². The van der Waals surface area contributed by atoms with Crippen molar-refractivity contribution >= 4 is 28.8 Å². The molecule has 0 unspecified atom stereocenters. The maximum Gasteiger partial charge on any atom is 0.271 e. The van der Waals surface area contributed by atoms with Gasteiger partial charge in [-0.2, -0.15) is 0 Å². The zero-order valence-corrected chi connectivity index (χ0v) is 17.4. The van der Waals surface area contributed by atoms with Gasteiger partial charge in [0.25, 0.3) is 11.8 Å². The molecule has 2 amide bonds. The van der Waals surface area contributed by atoms with Crippen LogP contribution in [0.2, 0.25) is 0 Å². The number of carbonyl (C=O) groups is 2. The second-order valence-corrected chi connectivity index (χ2v) is 8.23. The molecule has 0 aliphatic carbocycles. The fourth-order valence-corrected chi connectivity index (χ4v) is 4.27. The van der Waals surface area contributed by atoms with Crippen LogP contribution < -0.4 is 11.1 Å². The lowest BCUT2D eigenvalue weighted by atomic mass is 10.0. The van der Waals surface area contributed by atoms with Crippen molar-refractivity contribution in [3.05, 3.63) is 76.5 Å². The topological polar surface area (TPSA) is 102 Å². The molecule has 7 nitrogen and oxygen atoms in total. The Morgan fingerprint density at radius 3 is 2.53 bits per heavy atom. The Morgan fingerprint density at radius 2 is 1.90 bits per heavy atom. The van der Waals surface area contributed by atoms with E-state index in [-0.39, 0.29) is 29.2 Å². The molecule has 0 aliphatic rings. The molecule has 0 radical (unpaired) electrons. The van der Waals surface area contributed by atoms with Crippen LogP contribution in [0.1, 0.15) is 45.7 Å². The average Bonchev–Trinajstić information content (AvgIpc) is 3.41. The van der Waals surface area contributed by atoms with Crippen LogP contribution in [-0.4, -0.2) is 26.2 Å². The highest BCUT2D eigenvalue weighted by molar-refractivity contribution is 7.10. The van der Waals surface area contributed by atoms with E-state index in [1.807, 2.05) is 47.8 Å². The summed E-state index contributed by atoms with van der Waals surface area (Å²) < 4.78 is 1.51. The highest BCUT2D eigenvalue weighted by atomic mass is 32.1. The predicted octanol–water partition coefficient (Wildman–Crippen LogP) is 3.68. The molecule has 0 bridgehead atoms. The van der Waals surface area contributed by atoms with Crippen LogP contribution in [0.25, 0.3) is 16.9 Å². The molecule has 30 heavy (non-hydrogen) atoms. The second kappa shape index (κ2) is 8.08. The molecule has 3 N–H and O–H groups in total. The number of nitrogens with one attached hydrogen (secondary N) is 1. The molecule has 4 rings (SSSR count). The van der Waals surface area contributed by atoms with Gasteiger partial charge in [0.15, 0.2) is 11.3 Å². The summed E-state index contributed by atoms with van der Waals surface area (Å²) in [5.74, 6) is -0.775. The summed E-state index contributed by atoms with van der Waals surface area (Å²) in [6, 6.07) is 15.0. The van der Waals surface area contributed by atoms with Gasteiger partial charge in [0.1, 0.15) is 12.0 Å². The molecule has 152 valence electrons. The number of hydrogen-bond donors (Lipinski definition) is 2. The second-order valence-electron chi connectivity index (χ2n) is 7.25. The van der Waals surface area contributed by atoms with E-state index in [0.29, 0.717) is 11.4 Å². The van der Waals surface area contributed by atoms with E-state index in [4.69, 9.17) is 5.73 Å². The van der Waals surface area contributed by atoms with E-state index in [9.17, 15) is 9.59 Å². The van der Waals surface area contributed by atoms with Gasteiger partial charge in [0.2, 0.25) is 0 Å². The highest BCUT2D eigenvalue weighted by Crippen LogP contribution is 2.27. The number of amides is 2. The van der Waals surface area contributed by atoms with Crippen molar-refractivity contribution in [1.29, 1.82) is 0 Å². The minimum absolute atomic E-state index is 0.0282. The van der Waals surface area contributed by atoms with Gasteiger partial charge in [-0.3, -0.25) is 14.0 Å². The summed E-state index contributed by atoms with van der Waals surface area (Å²) in [6.45, 7) is 4.12. The van der Waals surface area contributed by atoms with E-state index in [1.54, 1.807) is 17.4 Å². The largest absolute Gasteiger partial charge is 0.364 e. The van der Waals surface area contributed by atoms with Gasteiger partial charge < -0.3 is 11.1 Å². The van der Waals surface area contributed by atoms with E-state index in [2.05, 4.69) is 29.1 Å². The van der Waals surface area contributed by atoms with Crippen molar-refractivity contribution in [2.75, 3.05) is 0 Å². The number of aromatic nitrogens is 3. The van der Waals surface area contributed by atoms with Gasteiger partial charge in [0, 0.05) is 10.4 Å². The minimum Gasteiger partial charge on any atom is -0.364 e. The minimum atomic E-state index is -0.694. The lowest BCUT2D eigenvalue weighted by Crippen LogP contribution is -2.32. The van der Waals surface area contributed by atoms with Gasteiger partial charge in [-0.15, -0.1) is 11.3 Å². The first-order valence-corrected chi connectivity index (χ1v) is 10.4. The Hall–Kier alpha value is -3.52. The summed E-state index contributed by atoms with van der Waals surface area (Å²) >= 11 is 1.60. The number of imidazole rings is 1. The molecule has 0 fully saturated rings. The SMILES string of the molecule is CC(C)[C@H](NC(=O)c1cc(-c2ccccc2)nc2c(C(N)=O)ncn12)c1cccs1. The van der Waals surface area contributed by atoms with Crippen LogP contribution in [0, 0.1) is 5.92 Å². The van der Waals surface area contributed by atoms with Crippen molar-refractivity contribution < 1.29 is 9.59 Å². The van der Waals surface area contributed by atoms with Crippen molar-refractivity contribution in [1.82, 2.24) is 19.7 Å². The van der Waals surface area contributed by atoms with Gasteiger partial charge >= 0.3 is 0 Å². The summed E-state index contributed by atoms with van der Waals surface area (Å²) in [5.41, 5.74) is 7.48. The molecular formula is C22H21N5O2S. The normalized spacial score (nSPS) is 12.2. The Morgan fingerprint density at radius 1 is 1.13 bits per heavy atom. The first-order chi connectivity index (χ1) is 14.5. The number of rotatable bonds is 6. The highest BCUT2D eigenvalue weighted by Gasteiger charge is 2.24. The third-order valence-electron chi connectivity index (χ3n) is 4.84. The summed E-state index contributed by atoms with van der Waals surface area (Å²) in [5, 5.41) is 5.11. The smallest absolute Gasteiger partial charge is 0.271 e. The molecule has 0 saturated heterocycles. The third kappa shape index (κ3) is 3.69. The van der Waals surface area contributed by atoms with Crippen LogP contribution in [0.15, 0.2) is 60.2 Å². The van der Waals surface area contributed by atoms with Gasteiger partial charge in [-0.05, 0) is 23.4 Å². The first kappa shape index (κ1) is 19.8. The van der Waals surface area contributed by atoms with E-state index in [0.717, 1.165) is 10.4 Å². The Balaban J connectivity index is 1.82. The predicted molar refractivity (Wildman–Crippen MR) is 116 cm³/mol. The van der Waals surface area contributed by atoms with E-state index < -0.39 is 5.91 Å². The zero-order chi connectivity index (χ0) is 21.3. The number of primary amides is 1. The van der Waals surface area contributed by atoms with Gasteiger partial charge in [-0.1, -0.05) is 50.2 Å². The lowest BCUT2D eigenvalue weighted by Gasteiger charge is -2.21. The molecule has 3 heterocycles. The number of benzene rings is 1. The van der Waals surface area contributed by atoms with Crippen LogP contribution >= 0.6 is 11.3 Å². The van der Waals surface area contributed by atoms with E-state index in [1.165, 1.54) is 10.7 Å². The number of thiophene rings is 1. The fraction of sp³-hybridized carbons (Fsp3) is 0.182. The number of hydrogen-bond acceptors (Lipinski definition) is 5.